The highest BCUT2D eigenvalue weighted by Crippen LogP contribution is 2.37. The highest BCUT2D eigenvalue weighted by Gasteiger charge is 2.28. The number of aromatic nitrogens is 4. The molecule has 3 rings (SSSR count). The number of rotatable bonds is 2. The Bertz CT molecular complexity index is 617. The van der Waals surface area contributed by atoms with Crippen LogP contribution in [0.25, 0.3) is 17.4 Å². The highest BCUT2D eigenvalue weighted by atomic mass is 16.3. The molecular weight excluding hydrogens is 220 g/mol. The van der Waals surface area contributed by atoms with E-state index in [-0.39, 0.29) is 24.3 Å². The van der Waals surface area contributed by atoms with Gasteiger partial charge in [0.05, 0.1) is 0 Å². The van der Waals surface area contributed by atoms with Crippen LogP contribution in [0.1, 0.15) is 6.42 Å². The van der Waals surface area contributed by atoms with Crippen molar-refractivity contribution in [2.45, 2.75) is 6.42 Å². The lowest BCUT2D eigenvalue weighted by molar-refractivity contribution is 0.281. The van der Waals surface area contributed by atoms with E-state index >= 15 is 0 Å². The molecule has 1 fully saturated rings. The number of imidazole rings is 1. The predicted molar refractivity (Wildman–Crippen MR) is 63.6 cm³/mol. The van der Waals surface area contributed by atoms with E-state index in [1.807, 2.05) is 6.20 Å². The molecule has 0 spiro atoms. The smallest absolute Gasteiger partial charge is 0.224 e. The number of aliphatic hydroxyl groups excluding tert-OH is 1. The lowest BCUT2D eigenvalue weighted by atomic mass is 10.4. The molecule has 1 atom stereocenters. The molecule has 0 amide bonds. The van der Waals surface area contributed by atoms with Crippen molar-refractivity contribution in [3.63, 3.8) is 0 Å². The van der Waals surface area contributed by atoms with Gasteiger partial charge in [-0.05, 0) is 12.0 Å². The second-order valence-electron chi connectivity index (χ2n) is 4.08. The Kier molecular flexibility index (Phi) is 2.02. The summed E-state index contributed by atoms with van der Waals surface area (Å²) in [5, 5.41) is 8.98. The molecule has 1 saturated carbocycles. The van der Waals surface area contributed by atoms with Crippen molar-refractivity contribution in [3.05, 3.63) is 11.9 Å². The normalized spacial score (nSPS) is 21.2. The SMILES string of the molecule is Nc1nc(N)c2ncn(/C=C3/C[C@H]3CO)c2n1. The van der Waals surface area contributed by atoms with Crippen molar-refractivity contribution in [2.75, 3.05) is 18.1 Å². The van der Waals surface area contributed by atoms with Crippen LogP contribution < -0.4 is 11.5 Å². The standard InChI is InChI=1S/C10H12N6O/c11-8-7-9(15-10(12)14-8)16(4-13-7)2-5-1-6(5)3-17/h2,4,6,17H,1,3H2,(H4,11,12,14,15)/b5-2-/t6-/m0/s1. The van der Waals surface area contributed by atoms with E-state index in [2.05, 4.69) is 15.0 Å². The monoisotopic (exact) mass is 232 g/mol. The number of hydrogen-bond acceptors (Lipinski definition) is 6. The van der Waals surface area contributed by atoms with Gasteiger partial charge in [-0.1, -0.05) is 0 Å². The molecule has 7 nitrogen and oxygen atoms in total. The first-order chi connectivity index (χ1) is 8.19. The van der Waals surface area contributed by atoms with Crippen LogP contribution >= 0.6 is 0 Å². The quantitative estimate of drug-likeness (QED) is 0.662. The van der Waals surface area contributed by atoms with Crippen LogP contribution in [0.2, 0.25) is 0 Å². The van der Waals surface area contributed by atoms with E-state index in [0.29, 0.717) is 11.2 Å². The summed E-state index contributed by atoms with van der Waals surface area (Å²) in [6, 6.07) is 0. The lowest BCUT2D eigenvalue weighted by Crippen LogP contribution is -2.01. The van der Waals surface area contributed by atoms with E-state index in [0.717, 1.165) is 6.42 Å². The fourth-order valence-electron chi connectivity index (χ4n) is 1.79. The molecule has 7 heteroatoms. The average Bonchev–Trinajstić information content (AvgIpc) is 2.92. The molecule has 17 heavy (non-hydrogen) atoms. The second-order valence-corrected chi connectivity index (χ2v) is 4.08. The average molecular weight is 232 g/mol. The first kappa shape index (κ1) is 10.0. The number of aliphatic hydroxyl groups is 1. The van der Waals surface area contributed by atoms with Gasteiger partial charge in [-0.2, -0.15) is 9.97 Å². The topological polar surface area (TPSA) is 116 Å². The second kappa shape index (κ2) is 3.42. The van der Waals surface area contributed by atoms with Gasteiger partial charge in [-0.25, -0.2) is 4.98 Å². The number of fused-ring (bicyclic) bond motifs is 1. The fraction of sp³-hybridized carbons (Fsp3) is 0.300. The van der Waals surface area contributed by atoms with E-state index in [4.69, 9.17) is 16.6 Å². The van der Waals surface area contributed by atoms with Crippen LogP contribution in [0.5, 0.6) is 0 Å². The van der Waals surface area contributed by atoms with Crippen molar-refractivity contribution in [1.29, 1.82) is 0 Å². The largest absolute Gasteiger partial charge is 0.396 e. The van der Waals surface area contributed by atoms with Gasteiger partial charge in [-0.3, -0.25) is 4.57 Å². The molecule has 2 heterocycles. The van der Waals surface area contributed by atoms with Crippen LogP contribution in [0, 0.1) is 5.92 Å². The summed E-state index contributed by atoms with van der Waals surface area (Å²) in [6.07, 6.45) is 4.43. The third-order valence-electron chi connectivity index (χ3n) is 2.84. The Hall–Kier alpha value is -2.15. The molecule has 88 valence electrons. The third-order valence-corrected chi connectivity index (χ3v) is 2.84. The maximum atomic E-state index is 8.98. The lowest BCUT2D eigenvalue weighted by Gasteiger charge is -1.98. The summed E-state index contributed by atoms with van der Waals surface area (Å²) < 4.78 is 1.76. The molecule has 0 saturated heterocycles. The fourth-order valence-corrected chi connectivity index (χ4v) is 1.79. The summed E-state index contributed by atoms with van der Waals surface area (Å²) in [4.78, 5) is 12.1. The van der Waals surface area contributed by atoms with Gasteiger partial charge in [-0.15, -0.1) is 0 Å². The van der Waals surface area contributed by atoms with Gasteiger partial charge in [0.15, 0.2) is 17.0 Å². The van der Waals surface area contributed by atoms with Crippen LogP contribution in [-0.2, 0) is 0 Å². The number of nitrogens with zero attached hydrogens (tertiary/aromatic N) is 4. The van der Waals surface area contributed by atoms with Gasteiger partial charge in [0.25, 0.3) is 0 Å². The van der Waals surface area contributed by atoms with Gasteiger partial charge in [0.1, 0.15) is 6.33 Å². The molecule has 2 aromatic heterocycles. The number of anilines is 2. The molecule has 5 N–H and O–H groups in total. The molecule has 2 aromatic rings. The Labute approximate surface area is 96.8 Å². The van der Waals surface area contributed by atoms with E-state index in [1.165, 1.54) is 5.57 Å². The molecule has 0 aliphatic heterocycles. The Morgan fingerprint density at radius 3 is 3.00 bits per heavy atom. The summed E-state index contributed by atoms with van der Waals surface area (Å²) in [5.74, 6) is 0.674. The maximum absolute atomic E-state index is 8.98. The third kappa shape index (κ3) is 1.60. The first-order valence-electron chi connectivity index (χ1n) is 5.26. The zero-order valence-corrected chi connectivity index (χ0v) is 9.04. The van der Waals surface area contributed by atoms with Crippen LogP contribution in [0.15, 0.2) is 11.9 Å². The van der Waals surface area contributed by atoms with Gasteiger partial charge in [0, 0.05) is 18.7 Å². The van der Waals surface area contributed by atoms with Crippen LogP contribution in [0.4, 0.5) is 11.8 Å². The van der Waals surface area contributed by atoms with Crippen molar-refractivity contribution < 1.29 is 5.11 Å². The number of nitrogens with two attached hydrogens (primary N) is 2. The minimum Gasteiger partial charge on any atom is -0.396 e. The summed E-state index contributed by atoms with van der Waals surface area (Å²) in [5.41, 5.74) is 13.5. The highest BCUT2D eigenvalue weighted by molar-refractivity contribution is 5.84. The molecule has 1 aliphatic carbocycles. The summed E-state index contributed by atoms with van der Waals surface area (Å²) in [6.45, 7) is 0.178. The summed E-state index contributed by atoms with van der Waals surface area (Å²) in [7, 11) is 0. The van der Waals surface area contributed by atoms with E-state index in [9.17, 15) is 0 Å². The van der Waals surface area contributed by atoms with Crippen LogP contribution in [-0.4, -0.2) is 31.2 Å². The van der Waals surface area contributed by atoms with Crippen LogP contribution in [0.3, 0.4) is 0 Å². The Morgan fingerprint density at radius 2 is 2.29 bits per heavy atom. The first-order valence-corrected chi connectivity index (χ1v) is 5.26. The Morgan fingerprint density at radius 1 is 1.47 bits per heavy atom. The Balaban J connectivity index is 2.09. The minimum absolute atomic E-state index is 0.129. The van der Waals surface area contributed by atoms with Crippen molar-refractivity contribution >= 4 is 29.1 Å². The summed E-state index contributed by atoms with van der Waals surface area (Å²) >= 11 is 0. The predicted octanol–water partition coefficient (Wildman–Crippen LogP) is -0.156. The van der Waals surface area contributed by atoms with Crippen molar-refractivity contribution in [1.82, 2.24) is 19.5 Å². The molecule has 0 radical (unpaired) electrons. The van der Waals surface area contributed by atoms with Gasteiger partial charge in [0.2, 0.25) is 5.95 Å². The zero-order chi connectivity index (χ0) is 12.0. The van der Waals surface area contributed by atoms with E-state index < -0.39 is 0 Å². The molecular formula is C10H12N6O. The van der Waals surface area contributed by atoms with Crippen molar-refractivity contribution in [3.8, 4) is 0 Å². The van der Waals surface area contributed by atoms with Gasteiger partial charge < -0.3 is 16.6 Å². The number of nitrogen functional groups attached to an aromatic ring is 2. The molecule has 0 unspecified atom stereocenters. The number of hydrogen-bond donors (Lipinski definition) is 3. The zero-order valence-electron chi connectivity index (χ0n) is 9.04. The molecule has 1 aliphatic rings. The van der Waals surface area contributed by atoms with Gasteiger partial charge >= 0.3 is 0 Å². The molecule has 0 aromatic carbocycles. The van der Waals surface area contributed by atoms with E-state index in [1.54, 1.807) is 10.9 Å². The molecule has 0 bridgehead atoms. The minimum atomic E-state index is 0.129. The van der Waals surface area contributed by atoms with Crippen molar-refractivity contribution in [2.24, 2.45) is 5.92 Å². The maximum Gasteiger partial charge on any atom is 0.224 e.